The van der Waals surface area contributed by atoms with E-state index in [2.05, 4.69) is 27.5 Å². The van der Waals surface area contributed by atoms with E-state index in [0.29, 0.717) is 11.6 Å². The van der Waals surface area contributed by atoms with Crippen LogP contribution in [0.4, 0.5) is 5.82 Å². The van der Waals surface area contributed by atoms with E-state index in [1.807, 2.05) is 12.1 Å². The Morgan fingerprint density at radius 2 is 2.17 bits per heavy atom. The van der Waals surface area contributed by atoms with Crippen LogP contribution in [0.15, 0.2) is 39.6 Å². The minimum Gasteiger partial charge on any atom is -0.461 e. The third-order valence-corrected chi connectivity index (χ3v) is 4.70. The van der Waals surface area contributed by atoms with Crippen LogP contribution in [0, 0.1) is 0 Å². The van der Waals surface area contributed by atoms with Crippen LogP contribution >= 0.6 is 11.3 Å². The van der Waals surface area contributed by atoms with Gasteiger partial charge in [-0.05, 0) is 47.5 Å². The molecule has 2 N–H and O–H groups in total. The van der Waals surface area contributed by atoms with Crippen molar-refractivity contribution in [2.24, 2.45) is 0 Å². The molecule has 0 saturated heterocycles. The number of anilines is 1. The molecule has 0 fully saturated rings. The summed E-state index contributed by atoms with van der Waals surface area (Å²) in [5.41, 5.74) is 3.61. The van der Waals surface area contributed by atoms with E-state index in [0.717, 1.165) is 44.0 Å². The zero-order valence-corrected chi connectivity index (χ0v) is 13.5. The molecule has 6 heteroatoms. The summed E-state index contributed by atoms with van der Waals surface area (Å²) in [6.07, 6.45) is 3.52. The first-order valence-corrected chi connectivity index (χ1v) is 8.74. The van der Waals surface area contributed by atoms with E-state index < -0.39 is 0 Å². The summed E-state index contributed by atoms with van der Waals surface area (Å²) in [6.45, 7) is 2.69. The van der Waals surface area contributed by atoms with Gasteiger partial charge in [0.25, 0.3) is 0 Å². The maximum atomic E-state index is 5.48. The van der Waals surface area contributed by atoms with Crippen LogP contribution in [0.1, 0.15) is 16.8 Å². The van der Waals surface area contributed by atoms with Crippen LogP contribution in [0.3, 0.4) is 0 Å². The number of nitrogens with one attached hydrogen (secondary N) is 2. The normalized spacial score (nSPS) is 14.3. The lowest BCUT2D eigenvalue weighted by Crippen LogP contribution is -2.16. The number of thiophene rings is 1. The summed E-state index contributed by atoms with van der Waals surface area (Å²) in [6, 6.07) is 5.90. The van der Waals surface area contributed by atoms with Crippen LogP contribution in [0.25, 0.3) is 11.6 Å². The maximum Gasteiger partial charge on any atom is 0.197 e. The molecule has 1 aliphatic rings. The Bertz CT molecular complexity index is 768. The van der Waals surface area contributed by atoms with Crippen molar-refractivity contribution in [3.63, 3.8) is 0 Å². The maximum absolute atomic E-state index is 5.48. The van der Waals surface area contributed by atoms with E-state index in [1.165, 1.54) is 11.1 Å². The predicted octanol–water partition coefficient (Wildman–Crippen LogP) is 3.10. The molecule has 3 aromatic heterocycles. The SMILES string of the molecule is c1coc(-c2nc3c(c(NCc4ccsc4)n2)CCNCC3)c1. The number of rotatable bonds is 4. The Morgan fingerprint density at radius 3 is 3.00 bits per heavy atom. The molecule has 1 aliphatic heterocycles. The Kier molecular flexibility index (Phi) is 4.08. The first-order chi connectivity index (χ1) is 11.4. The second-order valence-electron chi connectivity index (χ2n) is 5.53. The van der Waals surface area contributed by atoms with Crippen LogP contribution in [-0.4, -0.2) is 23.1 Å². The largest absolute Gasteiger partial charge is 0.461 e. The summed E-state index contributed by atoms with van der Waals surface area (Å²) in [5, 5.41) is 11.2. The third-order valence-electron chi connectivity index (χ3n) is 3.96. The molecule has 0 radical (unpaired) electrons. The van der Waals surface area contributed by atoms with Gasteiger partial charge in [-0.25, -0.2) is 9.97 Å². The molecule has 3 aromatic rings. The van der Waals surface area contributed by atoms with Crippen molar-refractivity contribution in [3.8, 4) is 11.6 Å². The van der Waals surface area contributed by atoms with Gasteiger partial charge in [0, 0.05) is 25.1 Å². The number of furan rings is 1. The summed E-state index contributed by atoms with van der Waals surface area (Å²) >= 11 is 1.71. The molecule has 4 heterocycles. The highest BCUT2D eigenvalue weighted by Gasteiger charge is 2.18. The molecule has 5 nitrogen and oxygen atoms in total. The van der Waals surface area contributed by atoms with Crippen molar-refractivity contribution in [1.29, 1.82) is 0 Å². The highest BCUT2D eigenvalue weighted by Crippen LogP contribution is 2.25. The van der Waals surface area contributed by atoms with Gasteiger partial charge in [-0.3, -0.25) is 0 Å². The highest BCUT2D eigenvalue weighted by atomic mass is 32.1. The smallest absolute Gasteiger partial charge is 0.197 e. The second kappa shape index (κ2) is 6.52. The Hall–Kier alpha value is -2.18. The van der Waals surface area contributed by atoms with E-state index in [4.69, 9.17) is 14.4 Å². The highest BCUT2D eigenvalue weighted by molar-refractivity contribution is 7.07. The number of hydrogen-bond donors (Lipinski definition) is 2. The van der Waals surface area contributed by atoms with Gasteiger partial charge in [-0.2, -0.15) is 11.3 Å². The van der Waals surface area contributed by atoms with Crippen LogP contribution in [-0.2, 0) is 19.4 Å². The minimum absolute atomic E-state index is 0.656. The van der Waals surface area contributed by atoms with Gasteiger partial charge in [0.15, 0.2) is 11.6 Å². The summed E-state index contributed by atoms with van der Waals surface area (Å²) in [5.74, 6) is 2.29. The van der Waals surface area contributed by atoms with E-state index in [1.54, 1.807) is 17.6 Å². The molecule has 0 atom stereocenters. The van der Waals surface area contributed by atoms with Crippen molar-refractivity contribution < 1.29 is 4.42 Å². The monoisotopic (exact) mass is 326 g/mol. The van der Waals surface area contributed by atoms with Crippen molar-refractivity contribution in [2.45, 2.75) is 19.4 Å². The Labute approximate surface area is 138 Å². The van der Waals surface area contributed by atoms with Gasteiger partial charge in [-0.15, -0.1) is 0 Å². The Balaban J connectivity index is 1.70. The molecule has 0 bridgehead atoms. The first-order valence-electron chi connectivity index (χ1n) is 7.79. The fraction of sp³-hybridized carbons (Fsp3) is 0.294. The topological polar surface area (TPSA) is 63.0 Å². The van der Waals surface area contributed by atoms with Gasteiger partial charge in [-0.1, -0.05) is 0 Å². The van der Waals surface area contributed by atoms with Crippen LogP contribution < -0.4 is 10.6 Å². The molecule has 0 unspecified atom stereocenters. The van der Waals surface area contributed by atoms with Gasteiger partial charge in [0.1, 0.15) is 5.82 Å². The second-order valence-corrected chi connectivity index (χ2v) is 6.31. The number of nitrogens with zero attached hydrogens (tertiary/aromatic N) is 2. The van der Waals surface area contributed by atoms with E-state index in [9.17, 15) is 0 Å². The third kappa shape index (κ3) is 3.13. The molecular formula is C17H18N4OS. The molecular weight excluding hydrogens is 308 g/mol. The quantitative estimate of drug-likeness (QED) is 0.771. The zero-order chi connectivity index (χ0) is 15.5. The zero-order valence-electron chi connectivity index (χ0n) is 12.7. The lowest BCUT2D eigenvalue weighted by molar-refractivity contribution is 0.576. The summed E-state index contributed by atoms with van der Waals surface area (Å²) < 4.78 is 5.48. The van der Waals surface area contributed by atoms with E-state index in [-0.39, 0.29) is 0 Å². The Morgan fingerprint density at radius 1 is 1.22 bits per heavy atom. The standard InChI is InChI=1S/C17H18N4OS/c1-2-15(22-8-1)17-20-14-4-7-18-6-3-13(14)16(21-17)19-10-12-5-9-23-11-12/h1-2,5,8-9,11,18H,3-4,6-7,10H2,(H,19,20,21). The van der Waals surface area contributed by atoms with Crippen molar-refractivity contribution in [1.82, 2.24) is 15.3 Å². The minimum atomic E-state index is 0.656. The first kappa shape index (κ1) is 14.4. The molecule has 23 heavy (non-hydrogen) atoms. The van der Waals surface area contributed by atoms with Crippen LogP contribution in [0.5, 0.6) is 0 Å². The fourth-order valence-corrected chi connectivity index (χ4v) is 3.45. The molecule has 0 aliphatic carbocycles. The van der Waals surface area contributed by atoms with Crippen LogP contribution in [0.2, 0.25) is 0 Å². The van der Waals surface area contributed by atoms with Gasteiger partial charge < -0.3 is 15.1 Å². The number of aromatic nitrogens is 2. The lowest BCUT2D eigenvalue weighted by Gasteiger charge is -2.13. The van der Waals surface area contributed by atoms with Crippen molar-refractivity contribution in [2.75, 3.05) is 18.4 Å². The molecule has 0 spiro atoms. The number of hydrogen-bond acceptors (Lipinski definition) is 6. The molecule has 118 valence electrons. The number of fused-ring (bicyclic) bond motifs is 1. The van der Waals surface area contributed by atoms with Crippen molar-refractivity contribution >= 4 is 17.2 Å². The molecule has 4 rings (SSSR count). The van der Waals surface area contributed by atoms with Gasteiger partial charge in [0.05, 0.1) is 12.0 Å². The van der Waals surface area contributed by atoms with Crippen molar-refractivity contribution in [3.05, 3.63) is 52.0 Å². The molecule has 0 aromatic carbocycles. The van der Waals surface area contributed by atoms with E-state index >= 15 is 0 Å². The fourth-order valence-electron chi connectivity index (χ4n) is 2.79. The summed E-state index contributed by atoms with van der Waals surface area (Å²) in [4.78, 5) is 9.47. The predicted molar refractivity (Wildman–Crippen MR) is 91.7 cm³/mol. The van der Waals surface area contributed by atoms with Gasteiger partial charge >= 0.3 is 0 Å². The molecule has 0 saturated carbocycles. The average Bonchev–Trinajstić information content (AvgIpc) is 3.23. The van der Waals surface area contributed by atoms with Gasteiger partial charge in [0.2, 0.25) is 0 Å². The average molecular weight is 326 g/mol. The molecule has 0 amide bonds. The summed E-state index contributed by atoms with van der Waals surface area (Å²) in [7, 11) is 0. The lowest BCUT2D eigenvalue weighted by atomic mass is 10.1.